The third-order valence-corrected chi connectivity index (χ3v) is 8.74. The molecule has 242 valence electrons. The van der Waals surface area contributed by atoms with E-state index in [0.717, 1.165) is 42.8 Å². The van der Waals surface area contributed by atoms with Crippen molar-refractivity contribution in [3.63, 3.8) is 0 Å². The highest BCUT2D eigenvalue weighted by atomic mass is 19.4. The number of hydrogen-bond acceptors (Lipinski definition) is 5. The Bertz CT molecular complexity index is 1670. The van der Waals surface area contributed by atoms with Crippen LogP contribution in [0.15, 0.2) is 83.7 Å². The number of hydrogen-bond donors (Lipinski definition) is 0. The van der Waals surface area contributed by atoms with Gasteiger partial charge < -0.3 is 9.80 Å². The summed E-state index contributed by atoms with van der Waals surface area (Å²) in [7, 11) is 0. The van der Waals surface area contributed by atoms with Gasteiger partial charge in [-0.3, -0.25) is 9.59 Å². The van der Waals surface area contributed by atoms with Crippen molar-refractivity contribution in [2.45, 2.75) is 64.7 Å². The van der Waals surface area contributed by atoms with Gasteiger partial charge in [0.1, 0.15) is 18.1 Å². The van der Waals surface area contributed by atoms with Crippen LogP contribution in [0.5, 0.6) is 0 Å². The lowest BCUT2D eigenvalue weighted by atomic mass is 10.0. The smallest absolute Gasteiger partial charge is 0.335 e. The molecule has 0 bridgehead atoms. The van der Waals surface area contributed by atoms with Crippen molar-refractivity contribution in [2.75, 3.05) is 26.2 Å². The van der Waals surface area contributed by atoms with E-state index in [2.05, 4.69) is 41.0 Å². The number of benzene rings is 3. The predicted octanol–water partition coefficient (Wildman–Crippen LogP) is 6.53. The second-order valence-electron chi connectivity index (χ2n) is 11.7. The Kier molecular flexibility index (Phi) is 10.4. The molecule has 5 rings (SSSR count). The van der Waals surface area contributed by atoms with E-state index >= 15 is 0 Å². The minimum atomic E-state index is -4.38. The monoisotopic (exact) mass is 631 g/mol. The molecule has 1 heterocycles. The average molecular weight is 632 g/mol. The van der Waals surface area contributed by atoms with Gasteiger partial charge in [-0.2, -0.15) is 23.3 Å². The van der Waals surface area contributed by atoms with Crippen molar-refractivity contribution >= 4 is 5.91 Å². The van der Waals surface area contributed by atoms with Gasteiger partial charge in [0.2, 0.25) is 5.91 Å². The van der Waals surface area contributed by atoms with Crippen molar-refractivity contribution in [2.24, 2.45) is 0 Å². The van der Waals surface area contributed by atoms with Crippen LogP contribution in [0.25, 0.3) is 11.1 Å². The van der Waals surface area contributed by atoms with Gasteiger partial charge in [-0.05, 0) is 66.2 Å². The van der Waals surface area contributed by atoms with E-state index in [1.807, 2.05) is 54.3 Å². The Morgan fingerprint density at radius 3 is 2.09 bits per heavy atom. The molecule has 0 spiro atoms. The number of likely N-dealkylation sites (N-methyl/N-ethyl adjacent to an activating group) is 1. The minimum Gasteiger partial charge on any atom is -0.335 e. The highest BCUT2D eigenvalue weighted by Crippen LogP contribution is 2.53. The number of aromatic nitrogens is 3. The Hall–Kier alpha value is -4.31. The Morgan fingerprint density at radius 2 is 1.50 bits per heavy atom. The lowest BCUT2D eigenvalue weighted by Gasteiger charge is -2.27. The highest BCUT2D eigenvalue weighted by molar-refractivity contribution is 5.76. The van der Waals surface area contributed by atoms with E-state index in [-0.39, 0.29) is 29.8 Å². The van der Waals surface area contributed by atoms with E-state index in [0.29, 0.717) is 43.1 Å². The fourth-order valence-electron chi connectivity index (χ4n) is 5.82. The van der Waals surface area contributed by atoms with Crippen molar-refractivity contribution < 1.29 is 18.0 Å². The van der Waals surface area contributed by atoms with Crippen molar-refractivity contribution in [3.8, 4) is 11.1 Å². The molecule has 0 aliphatic heterocycles. The molecular weight excluding hydrogens is 591 g/mol. The first kappa shape index (κ1) is 33.1. The minimum absolute atomic E-state index is 0.0168. The van der Waals surface area contributed by atoms with Gasteiger partial charge in [0, 0.05) is 25.6 Å². The van der Waals surface area contributed by atoms with Crippen LogP contribution in [0.1, 0.15) is 67.2 Å². The van der Waals surface area contributed by atoms with Gasteiger partial charge in [0.15, 0.2) is 0 Å². The second-order valence-corrected chi connectivity index (χ2v) is 11.7. The first-order valence-corrected chi connectivity index (χ1v) is 15.9. The number of halogens is 3. The van der Waals surface area contributed by atoms with Gasteiger partial charge in [0.05, 0.1) is 5.56 Å². The summed E-state index contributed by atoms with van der Waals surface area (Å²) in [6.07, 6.45) is -3.12. The van der Waals surface area contributed by atoms with Crippen LogP contribution >= 0.6 is 0 Å². The molecular formula is C36H40F3N5O2. The summed E-state index contributed by atoms with van der Waals surface area (Å²) in [4.78, 5) is 35.2. The molecule has 0 radical (unpaired) electrons. The molecule has 1 aliphatic rings. The summed E-state index contributed by atoms with van der Waals surface area (Å²) in [6.45, 7) is 9.27. The molecule has 7 nitrogen and oxygen atoms in total. The van der Waals surface area contributed by atoms with Crippen LogP contribution in [0.4, 0.5) is 13.2 Å². The van der Waals surface area contributed by atoms with Crippen LogP contribution in [-0.2, 0) is 30.5 Å². The first-order chi connectivity index (χ1) is 22.1. The van der Waals surface area contributed by atoms with Crippen molar-refractivity contribution in [3.05, 3.63) is 117 Å². The molecule has 46 heavy (non-hydrogen) atoms. The molecule has 1 aromatic heterocycles. The molecule has 4 aromatic rings. The van der Waals surface area contributed by atoms with Gasteiger partial charge >= 0.3 is 6.18 Å². The van der Waals surface area contributed by atoms with E-state index in [4.69, 9.17) is 0 Å². The third-order valence-electron chi connectivity index (χ3n) is 8.74. The number of nitrogens with zero attached hydrogens (tertiary/aromatic N) is 5. The maximum absolute atomic E-state index is 14.0. The van der Waals surface area contributed by atoms with Crippen LogP contribution in [0.3, 0.4) is 0 Å². The molecule has 0 saturated heterocycles. The van der Waals surface area contributed by atoms with E-state index in [9.17, 15) is 22.8 Å². The van der Waals surface area contributed by atoms with Crippen LogP contribution in [-0.4, -0.2) is 56.7 Å². The Morgan fingerprint density at radius 1 is 0.870 bits per heavy atom. The fraction of sp³-hybridized carbons (Fsp3) is 0.389. The van der Waals surface area contributed by atoms with Crippen LogP contribution in [0, 0.1) is 0 Å². The molecule has 2 atom stereocenters. The summed E-state index contributed by atoms with van der Waals surface area (Å²) in [5.41, 5.74) is 2.85. The third kappa shape index (κ3) is 7.91. The van der Waals surface area contributed by atoms with Crippen LogP contribution < -0.4 is 5.56 Å². The highest BCUT2D eigenvalue weighted by Gasteiger charge is 2.43. The number of carbonyl (C=O) groups excluding carboxylic acids is 1. The Labute approximate surface area is 267 Å². The lowest BCUT2D eigenvalue weighted by molar-refractivity contribution is -0.137. The SMILES string of the molecule is CCc1nn(CC(=O)N(CCN(CC)CC)Cc2ccc(-c3ccc(C(F)(F)F)cc3)cc2)c(C2CC2c2ccccc2)nc1=O. The Balaban J connectivity index is 1.37. The average Bonchev–Trinajstić information content (AvgIpc) is 3.86. The molecule has 10 heteroatoms. The van der Waals surface area contributed by atoms with Gasteiger partial charge in [-0.25, -0.2) is 4.68 Å². The number of alkyl halides is 3. The van der Waals surface area contributed by atoms with Gasteiger partial charge in [-0.15, -0.1) is 0 Å². The zero-order chi connectivity index (χ0) is 32.8. The maximum Gasteiger partial charge on any atom is 0.416 e. The number of carbonyl (C=O) groups is 1. The molecule has 2 unspecified atom stereocenters. The van der Waals surface area contributed by atoms with Crippen molar-refractivity contribution in [1.82, 2.24) is 24.6 Å². The summed E-state index contributed by atoms with van der Waals surface area (Å²) in [5, 5.41) is 4.62. The van der Waals surface area contributed by atoms with Gasteiger partial charge in [0.25, 0.3) is 5.56 Å². The number of aryl methyl sites for hydroxylation is 1. The molecule has 0 N–H and O–H groups in total. The molecule has 1 saturated carbocycles. The van der Waals surface area contributed by atoms with Gasteiger partial charge in [-0.1, -0.05) is 87.5 Å². The first-order valence-electron chi connectivity index (χ1n) is 15.9. The van der Waals surface area contributed by atoms with E-state index in [1.165, 1.54) is 17.7 Å². The van der Waals surface area contributed by atoms with Crippen LogP contribution in [0.2, 0.25) is 0 Å². The normalized spacial score (nSPS) is 16.1. The number of rotatable bonds is 13. The zero-order valence-electron chi connectivity index (χ0n) is 26.5. The fourth-order valence-corrected chi connectivity index (χ4v) is 5.82. The maximum atomic E-state index is 14.0. The largest absolute Gasteiger partial charge is 0.416 e. The predicted molar refractivity (Wildman–Crippen MR) is 172 cm³/mol. The summed E-state index contributed by atoms with van der Waals surface area (Å²) in [6, 6.07) is 22.7. The summed E-state index contributed by atoms with van der Waals surface area (Å²) >= 11 is 0. The van der Waals surface area contributed by atoms with E-state index < -0.39 is 11.7 Å². The topological polar surface area (TPSA) is 71.3 Å². The summed E-state index contributed by atoms with van der Waals surface area (Å²) in [5.74, 6) is 0.667. The lowest BCUT2D eigenvalue weighted by Crippen LogP contribution is -2.41. The molecule has 1 fully saturated rings. The zero-order valence-corrected chi connectivity index (χ0v) is 26.5. The van der Waals surface area contributed by atoms with E-state index in [1.54, 1.807) is 4.68 Å². The molecule has 1 aliphatic carbocycles. The molecule has 1 amide bonds. The van der Waals surface area contributed by atoms with Crippen molar-refractivity contribution in [1.29, 1.82) is 0 Å². The standard InChI is InChI=1S/C36H40F3N5O2/c1-4-32-35(46)40-34(31-22-30(31)28-10-8-7-9-11-28)44(41-32)24-33(45)43(21-20-42(5-2)6-3)23-25-12-14-26(15-13-25)27-16-18-29(19-17-27)36(37,38)39/h7-19,30-31H,4-6,20-24H2,1-3H3. The second kappa shape index (κ2) is 14.4. The quantitative estimate of drug-likeness (QED) is 0.168. The molecule has 3 aromatic carbocycles. The number of amides is 1. The summed E-state index contributed by atoms with van der Waals surface area (Å²) < 4.78 is 40.7.